The average molecular weight is 541 g/mol. The summed E-state index contributed by atoms with van der Waals surface area (Å²) in [7, 11) is 0. The zero-order valence-corrected chi connectivity index (χ0v) is 22.8. The van der Waals surface area contributed by atoms with Crippen LogP contribution < -0.4 is 15.8 Å². The molecule has 212 valence electrons. The fraction of sp³-hybridized carbons (Fsp3) is 0.571. The van der Waals surface area contributed by atoms with Crippen LogP contribution >= 0.6 is 0 Å². The number of hydrogen-bond donors (Lipinski definition) is 2. The highest BCUT2D eigenvalue weighted by atomic mass is 16.5. The Bertz CT molecular complexity index is 1260. The number of aryl methyl sites for hydroxylation is 1. The van der Waals surface area contributed by atoms with Gasteiger partial charge in [-0.05, 0) is 37.7 Å². The highest BCUT2D eigenvalue weighted by Crippen LogP contribution is 2.29. The summed E-state index contributed by atoms with van der Waals surface area (Å²) in [5.41, 5.74) is 2.79. The normalized spacial score (nSPS) is 15.6. The second-order valence-electron chi connectivity index (χ2n) is 9.72. The lowest BCUT2D eigenvalue weighted by Crippen LogP contribution is -2.40. The summed E-state index contributed by atoms with van der Waals surface area (Å²) in [4.78, 5) is 30.0. The van der Waals surface area contributed by atoms with Gasteiger partial charge < -0.3 is 34.2 Å². The van der Waals surface area contributed by atoms with Gasteiger partial charge in [0, 0.05) is 62.6 Å². The van der Waals surface area contributed by atoms with Crippen molar-refractivity contribution in [3.05, 3.63) is 52.1 Å². The predicted octanol–water partition coefficient (Wildman–Crippen LogP) is 2.43. The molecule has 0 aliphatic carbocycles. The molecule has 1 fully saturated rings. The Balaban J connectivity index is 1.44. The van der Waals surface area contributed by atoms with E-state index in [1.54, 1.807) is 10.6 Å². The van der Waals surface area contributed by atoms with Crippen molar-refractivity contribution >= 4 is 23.6 Å². The van der Waals surface area contributed by atoms with Crippen LogP contribution in [0.3, 0.4) is 0 Å². The topological polar surface area (TPSA) is 123 Å². The van der Waals surface area contributed by atoms with Crippen molar-refractivity contribution < 1.29 is 19.4 Å². The van der Waals surface area contributed by atoms with Gasteiger partial charge in [0.05, 0.1) is 32.6 Å². The van der Waals surface area contributed by atoms with Gasteiger partial charge in [0.2, 0.25) is 0 Å². The molecule has 0 aromatic carbocycles. The average Bonchev–Trinajstić information content (AvgIpc) is 3.38. The highest BCUT2D eigenvalue weighted by Gasteiger charge is 2.25. The molecule has 2 N–H and O–H groups in total. The molecular formula is C28H40N6O5. The van der Waals surface area contributed by atoms with E-state index in [1.165, 1.54) is 0 Å². The number of aliphatic hydroxyl groups is 1. The van der Waals surface area contributed by atoms with Gasteiger partial charge in [-0.3, -0.25) is 4.79 Å². The largest absolute Gasteiger partial charge is 0.396 e. The lowest BCUT2D eigenvalue weighted by atomic mass is 9.99. The smallest absolute Gasteiger partial charge is 0.250 e. The number of carbonyl (C=O) groups excluding carboxylic acids is 1. The highest BCUT2D eigenvalue weighted by molar-refractivity contribution is 5.61. The molecule has 3 aromatic rings. The Labute approximate surface area is 228 Å². The van der Waals surface area contributed by atoms with Gasteiger partial charge in [0.25, 0.3) is 5.56 Å². The summed E-state index contributed by atoms with van der Waals surface area (Å²) in [6, 6.07) is 5.71. The molecule has 0 saturated carbocycles. The van der Waals surface area contributed by atoms with Gasteiger partial charge in [-0.1, -0.05) is 13.0 Å². The standard InChI is InChI=1S/C28H40N6O5/c1-2-23-20-30-34-25(18-26(31-28(23)34)33-10-4-3-6-24(33)9-13-36)29-19-22-7-8-27(37)32(21-22)11-15-39-17-16-38-14-5-12-35/h7-8,12,18,20-21,24,29,36H,2-6,9-11,13-17,19H2,1H3/t24-/m0/s1. The van der Waals surface area contributed by atoms with Crippen LogP contribution in [0.1, 0.15) is 50.2 Å². The number of piperidine rings is 1. The number of nitrogens with zero attached hydrogens (tertiary/aromatic N) is 5. The number of carbonyl (C=O) groups is 1. The second-order valence-corrected chi connectivity index (χ2v) is 9.72. The van der Waals surface area contributed by atoms with E-state index in [1.807, 2.05) is 29.0 Å². The number of aliphatic hydroxyl groups excluding tert-OH is 1. The maximum atomic E-state index is 12.4. The number of fused-ring (bicyclic) bond motifs is 1. The van der Waals surface area contributed by atoms with E-state index in [4.69, 9.17) is 14.5 Å². The summed E-state index contributed by atoms with van der Waals surface area (Å²) in [6.07, 6.45) is 9.80. The zero-order chi connectivity index (χ0) is 27.5. The van der Waals surface area contributed by atoms with Crippen molar-refractivity contribution in [2.45, 2.75) is 64.6 Å². The minimum atomic E-state index is -0.0853. The molecule has 11 heteroatoms. The molecule has 4 heterocycles. The molecule has 3 aromatic heterocycles. The predicted molar refractivity (Wildman–Crippen MR) is 149 cm³/mol. The number of anilines is 2. The molecule has 0 spiro atoms. The minimum absolute atomic E-state index is 0.0853. The van der Waals surface area contributed by atoms with Gasteiger partial charge in [0.1, 0.15) is 17.9 Å². The first-order valence-electron chi connectivity index (χ1n) is 13.9. The first-order valence-corrected chi connectivity index (χ1v) is 13.9. The van der Waals surface area contributed by atoms with Crippen molar-refractivity contribution in [1.82, 2.24) is 19.2 Å². The van der Waals surface area contributed by atoms with Crippen LogP contribution in [-0.2, 0) is 33.8 Å². The first-order chi connectivity index (χ1) is 19.1. The summed E-state index contributed by atoms with van der Waals surface area (Å²) in [6.45, 7) is 5.73. The van der Waals surface area contributed by atoms with E-state index in [9.17, 15) is 14.7 Å². The molecule has 11 nitrogen and oxygen atoms in total. The van der Waals surface area contributed by atoms with Crippen molar-refractivity contribution in [1.29, 1.82) is 0 Å². The molecule has 1 aliphatic rings. The number of rotatable bonds is 16. The van der Waals surface area contributed by atoms with Gasteiger partial charge in [-0.2, -0.15) is 9.61 Å². The monoisotopic (exact) mass is 540 g/mol. The lowest BCUT2D eigenvalue weighted by Gasteiger charge is -2.36. The van der Waals surface area contributed by atoms with Crippen LogP contribution in [0.5, 0.6) is 0 Å². The Kier molecular flexibility index (Phi) is 10.9. The zero-order valence-electron chi connectivity index (χ0n) is 22.8. The van der Waals surface area contributed by atoms with E-state index in [0.29, 0.717) is 45.9 Å². The molecule has 1 atom stereocenters. The van der Waals surface area contributed by atoms with Crippen molar-refractivity contribution in [2.24, 2.45) is 0 Å². The summed E-state index contributed by atoms with van der Waals surface area (Å²) in [5.74, 6) is 1.73. The minimum Gasteiger partial charge on any atom is -0.396 e. The first kappa shape index (κ1) is 28.7. The van der Waals surface area contributed by atoms with E-state index in [0.717, 1.165) is 73.3 Å². The maximum Gasteiger partial charge on any atom is 0.250 e. The van der Waals surface area contributed by atoms with E-state index in [2.05, 4.69) is 22.2 Å². The molecular weight excluding hydrogens is 500 g/mol. The van der Waals surface area contributed by atoms with Crippen LogP contribution in [0.15, 0.2) is 35.4 Å². The van der Waals surface area contributed by atoms with Crippen molar-refractivity contribution in [3.8, 4) is 0 Å². The number of pyridine rings is 1. The Morgan fingerprint density at radius 2 is 2.03 bits per heavy atom. The van der Waals surface area contributed by atoms with Crippen LogP contribution in [0.2, 0.25) is 0 Å². The fourth-order valence-electron chi connectivity index (χ4n) is 4.94. The number of hydrogen-bond acceptors (Lipinski definition) is 9. The molecule has 0 amide bonds. The van der Waals surface area contributed by atoms with Crippen LogP contribution in [0.25, 0.3) is 5.65 Å². The van der Waals surface area contributed by atoms with Gasteiger partial charge in [0.15, 0.2) is 5.65 Å². The lowest BCUT2D eigenvalue weighted by molar-refractivity contribution is -0.108. The number of nitrogens with one attached hydrogen (secondary N) is 1. The van der Waals surface area contributed by atoms with E-state index in [-0.39, 0.29) is 18.2 Å². The molecule has 0 unspecified atom stereocenters. The third kappa shape index (κ3) is 7.65. The van der Waals surface area contributed by atoms with E-state index >= 15 is 0 Å². The van der Waals surface area contributed by atoms with E-state index < -0.39 is 0 Å². The van der Waals surface area contributed by atoms with Crippen molar-refractivity contribution in [2.75, 3.05) is 49.8 Å². The summed E-state index contributed by atoms with van der Waals surface area (Å²) < 4.78 is 14.3. The van der Waals surface area contributed by atoms with Gasteiger partial charge in [-0.15, -0.1) is 0 Å². The Hall–Kier alpha value is -3.28. The van der Waals surface area contributed by atoms with Gasteiger partial charge in [-0.25, -0.2) is 4.98 Å². The molecule has 39 heavy (non-hydrogen) atoms. The van der Waals surface area contributed by atoms with Crippen LogP contribution in [-0.4, -0.2) is 76.2 Å². The van der Waals surface area contributed by atoms with Crippen LogP contribution in [0.4, 0.5) is 11.6 Å². The number of aromatic nitrogens is 4. The molecule has 1 aliphatic heterocycles. The van der Waals surface area contributed by atoms with Crippen molar-refractivity contribution in [3.63, 3.8) is 0 Å². The van der Waals surface area contributed by atoms with Crippen LogP contribution in [0, 0.1) is 0 Å². The molecule has 0 bridgehead atoms. The number of aldehydes is 1. The van der Waals surface area contributed by atoms with Gasteiger partial charge >= 0.3 is 0 Å². The quantitative estimate of drug-likeness (QED) is 0.208. The number of ether oxygens (including phenoxy) is 2. The molecule has 1 saturated heterocycles. The SMILES string of the molecule is CCc1cnn2c(NCc3ccc(=O)n(CCOCCOCCC=O)c3)cc(N3CCCC[C@H]3CCO)nc12. The fourth-order valence-corrected chi connectivity index (χ4v) is 4.94. The Morgan fingerprint density at radius 1 is 1.18 bits per heavy atom. The third-order valence-corrected chi connectivity index (χ3v) is 7.04. The molecule has 4 rings (SSSR count). The second kappa shape index (κ2) is 14.8. The third-order valence-electron chi connectivity index (χ3n) is 7.04. The maximum absolute atomic E-state index is 12.4. The summed E-state index contributed by atoms with van der Waals surface area (Å²) >= 11 is 0. The summed E-state index contributed by atoms with van der Waals surface area (Å²) in [5, 5.41) is 17.7. The Morgan fingerprint density at radius 3 is 2.82 bits per heavy atom. The molecule has 0 radical (unpaired) electrons.